The van der Waals surface area contributed by atoms with Gasteiger partial charge in [-0.15, -0.1) is 0 Å². The van der Waals surface area contributed by atoms with Crippen LogP contribution in [0.3, 0.4) is 0 Å². The minimum atomic E-state index is 0.211. The van der Waals surface area contributed by atoms with Crippen molar-refractivity contribution >= 4 is 23.2 Å². The number of aromatic nitrogens is 2. The normalized spacial score (nSPS) is 22.8. The van der Waals surface area contributed by atoms with E-state index in [1.807, 2.05) is 18.2 Å². The zero-order valence-electron chi connectivity index (χ0n) is 12.9. The molecule has 0 N–H and O–H groups in total. The van der Waals surface area contributed by atoms with E-state index in [1.165, 1.54) is 11.1 Å². The Morgan fingerprint density at radius 2 is 1.29 bits per heavy atom. The van der Waals surface area contributed by atoms with E-state index < -0.39 is 0 Å². The highest BCUT2D eigenvalue weighted by Crippen LogP contribution is 2.57. The molecule has 1 saturated carbocycles. The first-order chi connectivity index (χ1) is 11.7. The third-order valence-electron chi connectivity index (χ3n) is 4.86. The van der Waals surface area contributed by atoms with Gasteiger partial charge in [0.05, 0.1) is 5.69 Å². The zero-order chi connectivity index (χ0) is 16.5. The molecule has 0 aliphatic heterocycles. The van der Waals surface area contributed by atoms with E-state index >= 15 is 0 Å². The van der Waals surface area contributed by atoms with Crippen LogP contribution in [0.4, 0.5) is 0 Å². The van der Waals surface area contributed by atoms with Gasteiger partial charge in [0.1, 0.15) is 5.15 Å². The summed E-state index contributed by atoms with van der Waals surface area (Å²) in [7, 11) is 0. The topological polar surface area (TPSA) is 25.8 Å². The second-order valence-corrected chi connectivity index (χ2v) is 6.91. The summed E-state index contributed by atoms with van der Waals surface area (Å²) in [5, 5.41) is 0.610. The molecule has 1 aromatic heterocycles. The summed E-state index contributed by atoms with van der Waals surface area (Å²) < 4.78 is 0. The number of hydrogen-bond acceptors (Lipinski definition) is 2. The van der Waals surface area contributed by atoms with E-state index in [-0.39, 0.29) is 11.2 Å². The summed E-state index contributed by atoms with van der Waals surface area (Å²) in [5.74, 6) is 1.09. The molecule has 1 aliphatic rings. The Hall–Kier alpha value is -1.90. The van der Waals surface area contributed by atoms with E-state index in [0.29, 0.717) is 17.0 Å². The molecule has 0 bridgehead atoms. The van der Waals surface area contributed by atoms with Crippen LogP contribution in [0.2, 0.25) is 10.4 Å². The Morgan fingerprint density at radius 3 is 1.79 bits per heavy atom. The van der Waals surface area contributed by atoms with Gasteiger partial charge in [-0.25, -0.2) is 9.97 Å². The number of rotatable bonds is 3. The number of nitrogens with zero attached hydrogens (tertiary/aromatic N) is 2. The minimum Gasteiger partial charge on any atom is -0.223 e. The van der Waals surface area contributed by atoms with Gasteiger partial charge in [-0.05, 0) is 47.1 Å². The molecule has 1 heterocycles. The van der Waals surface area contributed by atoms with Crippen LogP contribution in [-0.2, 0) is 0 Å². The lowest BCUT2D eigenvalue weighted by Gasteiger charge is -2.45. The molecule has 2 nitrogen and oxygen atoms in total. The van der Waals surface area contributed by atoms with Crippen molar-refractivity contribution in [2.75, 3.05) is 0 Å². The lowest BCUT2D eigenvalue weighted by atomic mass is 9.58. The van der Waals surface area contributed by atoms with Gasteiger partial charge in [0.15, 0.2) is 0 Å². The maximum atomic E-state index is 6.13. The van der Waals surface area contributed by atoms with Crippen LogP contribution in [-0.4, -0.2) is 9.97 Å². The van der Waals surface area contributed by atoms with Crippen LogP contribution in [0.15, 0.2) is 66.7 Å². The predicted molar refractivity (Wildman–Crippen MR) is 97.8 cm³/mol. The summed E-state index contributed by atoms with van der Waals surface area (Å²) >= 11 is 12.2. The smallest absolute Gasteiger partial charge is 0.223 e. The summed E-state index contributed by atoms with van der Waals surface area (Å²) in [5.41, 5.74) is 3.59. The first kappa shape index (κ1) is 15.6. The highest BCUT2D eigenvalue weighted by molar-refractivity contribution is 6.31. The molecule has 0 amide bonds. The molecular formula is C20H16Cl2N2. The Morgan fingerprint density at radius 1 is 0.750 bits per heavy atom. The second kappa shape index (κ2) is 6.54. The minimum absolute atomic E-state index is 0.211. The Bertz CT molecular complexity index is 771. The molecule has 3 atom stereocenters. The van der Waals surface area contributed by atoms with Crippen molar-refractivity contribution in [2.45, 2.75) is 24.2 Å². The van der Waals surface area contributed by atoms with Crippen LogP contribution < -0.4 is 0 Å². The van der Waals surface area contributed by atoms with Crippen molar-refractivity contribution in [2.24, 2.45) is 0 Å². The number of benzene rings is 2. The molecule has 4 heteroatoms. The highest BCUT2D eigenvalue weighted by Gasteiger charge is 2.44. The van der Waals surface area contributed by atoms with Gasteiger partial charge in [0.2, 0.25) is 5.28 Å². The predicted octanol–water partition coefficient (Wildman–Crippen LogP) is 5.84. The van der Waals surface area contributed by atoms with Crippen molar-refractivity contribution in [3.8, 4) is 0 Å². The monoisotopic (exact) mass is 354 g/mol. The fraction of sp³-hybridized carbons (Fsp3) is 0.200. The molecular weight excluding hydrogens is 339 g/mol. The average molecular weight is 355 g/mol. The quantitative estimate of drug-likeness (QED) is 0.436. The van der Waals surface area contributed by atoms with Crippen LogP contribution in [0.1, 0.15) is 41.0 Å². The third kappa shape index (κ3) is 2.92. The van der Waals surface area contributed by atoms with Gasteiger partial charge in [-0.2, -0.15) is 0 Å². The van der Waals surface area contributed by atoms with Crippen LogP contribution >= 0.6 is 23.2 Å². The first-order valence-corrected chi connectivity index (χ1v) is 8.78. The SMILES string of the molecule is Clc1cc(C2C(c3ccccc3)C[C@H]2c2ccccc2)nc(Cl)n1. The molecule has 120 valence electrons. The molecule has 0 spiro atoms. The largest absolute Gasteiger partial charge is 0.224 e. The van der Waals surface area contributed by atoms with E-state index in [9.17, 15) is 0 Å². The van der Waals surface area contributed by atoms with Crippen LogP contribution in [0, 0.1) is 0 Å². The van der Waals surface area contributed by atoms with E-state index in [0.717, 1.165) is 12.1 Å². The average Bonchev–Trinajstić information content (AvgIpc) is 2.55. The van der Waals surface area contributed by atoms with E-state index in [1.54, 1.807) is 0 Å². The van der Waals surface area contributed by atoms with Gasteiger partial charge in [-0.3, -0.25) is 0 Å². The molecule has 0 saturated heterocycles. The zero-order valence-corrected chi connectivity index (χ0v) is 14.5. The van der Waals surface area contributed by atoms with E-state index in [4.69, 9.17) is 23.2 Å². The van der Waals surface area contributed by atoms with Crippen molar-refractivity contribution < 1.29 is 0 Å². The Labute approximate surface area is 151 Å². The summed E-state index contributed by atoms with van der Waals surface area (Å²) in [6, 6.07) is 23.0. The van der Waals surface area contributed by atoms with Crippen molar-refractivity contribution in [1.29, 1.82) is 0 Å². The lowest BCUT2D eigenvalue weighted by Crippen LogP contribution is -2.32. The van der Waals surface area contributed by atoms with E-state index in [2.05, 4.69) is 58.5 Å². The summed E-state index contributed by atoms with van der Waals surface area (Å²) in [6.07, 6.45) is 1.10. The Kier molecular flexibility index (Phi) is 4.26. The fourth-order valence-corrected chi connectivity index (χ4v) is 4.15. The molecule has 4 rings (SSSR count). The summed E-state index contributed by atoms with van der Waals surface area (Å²) in [4.78, 5) is 8.47. The number of hydrogen-bond donors (Lipinski definition) is 0. The molecule has 2 unspecified atom stereocenters. The second-order valence-electron chi connectivity index (χ2n) is 6.18. The Balaban J connectivity index is 1.75. The van der Waals surface area contributed by atoms with Crippen molar-refractivity contribution in [1.82, 2.24) is 9.97 Å². The fourth-order valence-electron chi connectivity index (χ4n) is 3.73. The molecule has 2 aromatic carbocycles. The van der Waals surface area contributed by atoms with Gasteiger partial charge >= 0.3 is 0 Å². The maximum absolute atomic E-state index is 6.13. The highest BCUT2D eigenvalue weighted by atomic mass is 35.5. The lowest BCUT2D eigenvalue weighted by molar-refractivity contribution is 0.279. The van der Waals surface area contributed by atoms with Crippen LogP contribution in [0.25, 0.3) is 0 Å². The molecule has 0 radical (unpaired) electrons. The van der Waals surface area contributed by atoms with Crippen LogP contribution in [0.5, 0.6) is 0 Å². The standard InChI is InChI=1S/C20H16Cl2N2/c21-18-12-17(23-20(22)24-18)19-15(13-7-3-1-4-8-13)11-16(19)14-9-5-2-6-10-14/h1-10,12,15-16,19H,11H2/t15-,16?,19?/m0/s1. The van der Waals surface area contributed by atoms with Crippen molar-refractivity contribution in [3.63, 3.8) is 0 Å². The molecule has 1 aliphatic carbocycles. The third-order valence-corrected chi connectivity index (χ3v) is 5.22. The van der Waals surface area contributed by atoms with Gasteiger partial charge in [0.25, 0.3) is 0 Å². The molecule has 1 fully saturated rings. The summed E-state index contributed by atoms with van der Waals surface area (Å²) in [6.45, 7) is 0. The van der Waals surface area contributed by atoms with Gasteiger partial charge in [-0.1, -0.05) is 72.3 Å². The van der Waals surface area contributed by atoms with Gasteiger partial charge < -0.3 is 0 Å². The molecule has 3 aromatic rings. The molecule has 24 heavy (non-hydrogen) atoms. The number of halogens is 2. The first-order valence-electron chi connectivity index (χ1n) is 8.02. The van der Waals surface area contributed by atoms with Gasteiger partial charge in [0, 0.05) is 5.92 Å². The van der Waals surface area contributed by atoms with Crippen molar-refractivity contribution in [3.05, 3.63) is 94.0 Å². The maximum Gasteiger partial charge on any atom is 0.224 e.